The first-order valence-electron chi connectivity index (χ1n) is 5.94. The fraction of sp³-hybridized carbons (Fsp3) is 0.0769. The fourth-order valence-electron chi connectivity index (χ4n) is 1.85. The lowest BCUT2D eigenvalue weighted by Crippen LogP contribution is -2.11. The highest BCUT2D eigenvalue weighted by Crippen LogP contribution is 2.32. The highest BCUT2D eigenvalue weighted by molar-refractivity contribution is 6.30. The minimum atomic E-state index is -0.533. The minimum absolute atomic E-state index is 0.00109. The van der Waals surface area contributed by atoms with Gasteiger partial charge in [-0.15, -0.1) is 0 Å². The summed E-state index contributed by atoms with van der Waals surface area (Å²) >= 11 is 5.69. The third kappa shape index (κ3) is 3.39. The second-order valence-corrected chi connectivity index (χ2v) is 4.61. The summed E-state index contributed by atoms with van der Waals surface area (Å²) in [5.41, 5.74) is 3.31. The van der Waals surface area contributed by atoms with Crippen molar-refractivity contribution in [3.63, 3.8) is 0 Å². The third-order valence-corrected chi connectivity index (χ3v) is 3.13. The van der Waals surface area contributed by atoms with Crippen LogP contribution in [0.1, 0.15) is 5.56 Å². The van der Waals surface area contributed by atoms with E-state index in [0.29, 0.717) is 11.3 Å². The lowest BCUT2D eigenvalue weighted by atomic mass is 10.2. The first kappa shape index (κ1) is 15.0. The van der Waals surface area contributed by atoms with Crippen molar-refractivity contribution < 1.29 is 9.31 Å². The van der Waals surface area contributed by atoms with Crippen LogP contribution >= 0.6 is 11.6 Å². The van der Waals surface area contributed by atoms with Gasteiger partial charge in [0.2, 0.25) is 0 Å². The Kier molecular flexibility index (Phi) is 4.56. The molecule has 0 saturated heterocycles. The number of nitro benzene ring substituents is 1. The maximum atomic E-state index is 13.1. The second kappa shape index (κ2) is 6.38. The molecule has 2 aromatic rings. The van der Waals surface area contributed by atoms with Crippen molar-refractivity contribution in [2.45, 2.75) is 6.54 Å². The van der Waals surface area contributed by atoms with Gasteiger partial charge in [-0.25, -0.2) is 4.39 Å². The van der Waals surface area contributed by atoms with Crippen LogP contribution in [0.4, 0.5) is 21.5 Å². The zero-order valence-electron chi connectivity index (χ0n) is 10.8. The zero-order valence-corrected chi connectivity index (χ0v) is 11.5. The van der Waals surface area contributed by atoms with Crippen LogP contribution < -0.4 is 16.6 Å². The van der Waals surface area contributed by atoms with Crippen LogP contribution in [0.25, 0.3) is 0 Å². The predicted octanol–water partition coefficient (Wildman–Crippen LogP) is 3.29. The fourth-order valence-corrected chi connectivity index (χ4v) is 2.05. The number of benzene rings is 2. The average molecular weight is 311 g/mol. The standard InChI is InChI=1S/C13H12ClFN4O2/c14-9-6-8(4-5-10(9)15)7-17-11-2-1-3-12(18-16)13(11)19(20)21/h1-6,17-18H,7,16H2. The lowest BCUT2D eigenvalue weighted by Gasteiger charge is -2.10. The smallest absolute Gasteiger partial charge is 0.316 e. The molecule has 0 atom stereocenters. The SMILES string of the molecule is NNc1cccc(NCc2ccc(F)c(Cl)c2)c1[N+](=O)[O-]. The summed E-state index contributed by atoms with van der Waals surface area (Å²) in [6.45, 7) is 0.259. The molecule has 2 aromatic carbocycles. The molecule has 6 nitrogen and oxygen atoms in total. The van der Waals surface area contributed by atoms with Gasteiger partial charge in [0.05, 0.1) is 9.95 Å². The summed E-state index contributed by atoms with van der Waals surface area (Å²) in [4.78, 5) is 10.6. The Morgan fingerprint density at radius 2 is 2.00 bits per heavy atom. The Balaban J connectivity index is 2.23. The van der Waals surface area contributed by atoms with E-state index >= 15 is 0 Å². The molecule has 0 aliphatic rings. The summed E-state index contributed by atoms with van der Waals surface area (Å²) in [5.74, 6) is 4.75. The monoisotopic (exact) mass is 310 g/mol. The topological polar surface area (TPSA) is 93.2 Å². The molecule has 0 radical (unpaired) electrons. The number of nitrogens with zero attached hydrogens (tertiary/aromatic N) is 1. The van der Waals surface area contributed by atoms with Crippen molar-refractivity contribution >= 4 is 28.7 Å². The molecule has 0 heterocycles. The van der Waals surface area contributed by atoms with Crippen molar-refractivity contribution in [1.29, 1.82) is 0 Å². The van der Waals surface area contributed by atoms with Crippen LogP contribution in [0, 0.1) is 15.9 Å². The molecule has 0 unspecified atom stereocenters. The van der Waals surface area contributed by atoms with Crippen LogP contribution in [0.2, 0.25) is 5.02 Å². The van der Waals surface area contributed by atoms with Crippen LogP contribution in [-0.4, -0.2) is 4.92 Å². The molecule has 4 N–H and O–H groups in total. The first-order valence-corrected chi connectivity index (χ1v) is 6.32. The molecular weight excluding hydrogens is 299 g/mol. The molecule has 0 aliphatic heterocycles. The number of anilines is 2. The normalized spacial score (nSPS) is 10.2. The zero-order chi connectivity index (χ0) is 15.4. The first-order chi connectivity index (χ1) is 10.0. The number of hydrogen-bond acceptors (Lipinski definition) is 5. The highest BCUT2D eigenvalue weighted by Gasteiger charge is 2.18. The van der Waals surface area contributed by atoms with E-state index in [1.54, 1.807) is 18.2 Å². The van der Waals surface area contributed by atoms with E-state index in [1.165, 1.54) is 18.2 Å². The molecule has 0 amide bonds. The van der Waals surface area contributed by atoms with Crippen molar-refractivity contribution in [3.8, 4) is 0 Å². The van der Waals surface area contributed by atoms with E-state index in [1.807, 2.05) is 0 Å². The highest BCUT2D eigenvalue weighted by atomic mass is 35.5. The van der Waals surface area contributed by atoms with E-state index in [2.05, 4.69) is 10.7 Å². The molecule has 0 aromatic heterocycles. The molecule has 0 fully saturated rings. The summed E-state index contributed by atoms with van der Waals surface area (Å²) in [6, 6.07) is 8.93. The number of hydrogen-bond donors (Lipinski definition) is 3. The molecule has 0 bridgehead atoms. The molecule has 0 saturated carbocycles. The van der Waals surface area contributed by atoms with Crippen molar-refractivity contribution in [2.75, 3.05) is 10.7 Å². The van der Waals surface area contributed by atoms with Gasteiger partial charge in [-0.1, -0.05) is 23.7 Å². The summed E-state index contributed by atoms with van der Waals surface area (Å²) in [7, 11) is 0. The Hall–Kier alpha value is -2.38. The van der Waals surface area contributed by atoms with Gasteiger partial charge in [0.1, 0.15) is 17.2 Å². The van der Waals surface area contributed by atoms with Gasteiger partial charge in [-0.3, -0.25) is 16.0 Å². The van der Waals surface area contributed by atoms with Gasteiger partial charge in [-0.2, -0.15) is 0 Å². The summed E-state index contributed by atoms with van der Waals surface area (Å²) < 4.78 is 13.1. The number of hydrazine groups is 1. The van der Waals surface area contributed by atoms with E-state index in [9.17, 15) is 14.5 Å². The number of nitrogens with two attached hydrogens (primary N) is 1. The molecule has 2 rings (SSSR count). The van der Waals surface area contributed by atoms with Gasteiger partial charge in [-0.05, 0) is 29.8 Å². The molecule has 21 heavy (non-hydrogen) atoms. The summed E-state index contributed by atoms with van der Waals surface area (Å²) in [6.07, 6.45) is 0. The number of nitrogens with one attached hydrogen (secondary N) is 2. The van der Waals surface area contributed by atoms with E-state index in [-0.39, 0.29) is 22.9 Å². The van der Waals surface area contributed by atoms with Gasteiger partial charge >= 0.3 is 5.69 Å². The van der Waals surface area contributed by atoms with Crippen LogP contribution in [0.5, 0.6) is 0 Å². The second-order valence-electron chi connectivity index (χ2n) is 4.21. The van der Waals surface area contributed by atoms with Crippen molar-refractivity contribution in [1.82, 2.24) is 0 Å². The molecule has 0 aliphatic carbocycles. The van der Waals surface area contributed by atoms with E-state index in [0.717, 1.165) is 0 Å². The number of rotatable bonds is 5. The number of para-hydroxylation sites is 1. The third-order valence-electron chi connectivity index (χ3n) is 2.84. The average Bonchev–Trinajstić information content (AvgIpc) is 2.47. The number of nitrogen functional groups attached to an aromatic ring is 1. The van der Waals surface area contributed by atoms with Crippen molar-refractivity contribution in [3.05, 3.63) is 62.9 Å². The predicted molar refractivity (Wildman–Crippen MR) is 79.6 cm³/mol. The lowest BCUT2D eigenvalue weighted by molar-refractivity contribution is -0.383. The van der Waals surface area contributed by atoms with Gasteiger partial charge in [0.15, 0.2) is 0 Å². The Bertz CT molecular complexity index is 681. The largest absolute Gasteiger partial charge is 0.375 e. The Labute approximate surface area is 124 Å². The van der Waals surface area contributed by atoms with E-state index < -0.39 is 10.7 Å². The molecule has 8 heteroatoms. The number of halogens is 2. The maximum absolute atomic E-state index is 13.1. The maximum Gasteiger partial charge on any atom is 0.316 e. The molecule has 110 valence electrons. The molecule has 0 spiro atoms. The van der Waals surface area contributed by atoms with Crippen LogP contribution in [-0.2, 0) is 6.54 Å². The Morgan fingerprint density at radius 3 is 2.62 bits per heavy atom. The Morgan fingerprint density at radius 1 is 1.29 bits per heavy atom. The number of nitro groups is 1. The summed E-state index contributed by atoms with van der Waals surface area (Å²) in [5, 5.41) is 14.0. The van der Waals surface area contributed by atoms with Crippen molar-refractivity contribution in [2.24, 2.45) is 5.84 Å². The van der Waals surface area contributed by atoms with Crippen LogP contribution in [0.3, 0.4) is 0 Å². The quantitative estimate of drug-likeness (QED) is 0.447. The molecular formula is C13H12ClFN4O2. The minimum Gasteiger partial charge on any atom is -0.375 e. The van der Waals surface area contributed by atoms with Crippen LogP contribution in [0.15, 0.2) is 36.4 Å². The van der Waals surface area contributed by atoms with E-state index in [4.69, 9.17) is 17.4 Å². The van der Waals surface area contributed by atoms with Gasteiger partial charge in [0.25, 0.3) is 0 Å². The van der Waals surface area contributed by atoms with Gasteiger partial charge in [0, 0.05) is 6.54 Å². The van der Waals surface area contributed by atoms with Gasteiger partial charge < -0.3 is 10.7 Å².